The maximum absolute atomic E-state index is 4.21. The van der Waals surface area contributed by atoms with Gasteiger partial charge in [-0.2, -0.15) is 10.2 Å². The highest BCUT2D eigenvalue weighted by Crippen LogP contribution is 2.15. The summed E-state index contributed by atoms with van der Waals surface area (Å²) in [5, 5.41) is 12.3. The molecular formula is C68H74N20. The van der Waals surface area contributed by atoms with E-state index in [0.29, 0.717) is 0 Å². The van der Waals surface area contributed by atoms with Crippen LogP contribution in [0.3, 0.4) is 0 Å². The van der Waals surface area contributed by atoms with E-state index in [4.69, 9.17) is 0 Å². The number of fused-ring (bicyclic) bond motifs is 3. The van der Waals surface area contributed by atoms with Gasteiger partial charge in [-0.3, -0.25) is 34.9 Å². The number of hydrogen-bond acceptors (Lipinski definition) is 19. The average molecular weight is 1170 g/mol. The molecule has 0 fully saturated rings. The smallest absolute Gasteiger partial charge is 0.180 e. The molecular weight excluding hydrogens is 1100 g/mol. The molecule has 12 aromatic heterocycles. The van der Waals surface area contributed by atoms with Gasteiger partial charge in [-0.1, -0.05) is 60.7 Å². The zero-order valence-electron chi connectivity index (χ0n) is 51.6. The average Bonchev–Trinajstić information content (AvgIpc) is 4.23. The maximum Gasteiger partial charge on any atom is 0.180 e. The van der Waals surface area contributed by atoms with Gasteiger partial charge in [0.15, 0.2) is 5.65 Å². The fourth-order valence-corrected chi connectivity index (χ4v) is 6.45. The molecule has 14 rings (SSSR count). The van der Waals surface area contributed by atoms with Gasteiger partial charge in [0.2, 0.25) is 0 Å². The van der Waals surface area contributed by atoms with Crippen molar-refractivity contribution in [1.82, 2.24) is 99.9 Å². The predicted molar refractivity (Wildman–Crippen MR) is 348 cm³/mol. The number of hydrogen-bond donors (Lipinski definition) is 1. The van der Waals surface area contributed by atoms with Crippen molar-refractivity contribution >= 4 is 32.7 Å². The van der Waals surface area contributed by atoms with Crippen LogP contribution >= 0.6 is 0 Å². The third-order valence-electron chi connectivity index (χ3n) is 11.0. The summed E-state index contributed by atoms with van der Waals surface area (Å²) in [6, 6.07) is 41.8. The van der Waals surface area contributed by atoms with E-state index in [2.05, 4.69) is 130 Å². The molecule has 0 aliphatic rings. The van der Waals surface area contributed by atoms with Crippen LogP contribution in [0.1, 0.15) is 62.6 Å². The Balaban J connectivity index is 0.000000208. The molecule has 0 amide bonds. The lowest BCUT2D eigenvalue weighted by atomic mass is 10.1. The number of aromatic nitrogens is 20. The van der Waals surface area contributed by atoms with E-state index in [9.17, 15) is 0 Å². The lowest BCUT2D eigenvalue weighted by Crippen LogP contribution is -1.84. The van der Waals surface area contributed by atoms with E-state index < -0.39 is 0 Å². The summed E-state index contributed by atoms with van der Waals surface area (Å²) in [6.07, 6.45) is 32.2. The van der Waals surface area contributed by atoms with Crippen LogP contribution < -0.4 is 0 Å². The highest BCUT2D eigenvalue weighted by atomic mass is 15.1. The van der Waals surface area contributed by atoms with E-state index in [0.717, 1.165) is 62.7 Å². The van der Waals surface area contributed by atoms with E-state index in [1.165, 1.54) is 58.0 Å². The molecule has 14 aromatic rings. The van der Waals surface area contributed by atoms with E-state index in [1.54, 1.807) is 80.6 Å². The molecule has 1 N–H and O–H groups in total. The molecule has 0 unspecified atom stereocenters. The van der Waals surface area contributed by atoms with E-state index in [-0.39, 0.29) is 0 Å². The fourth-order valence-electron chi connectivity index (χ4n) is 6.45. The van der Waals surface area contributed by atoms with Crippen LogP contribution in [0.25, 0.3) is 32.7 Å². The van der Waals surface area contributed by atoms with Crippen LogP contribution in [0.5, 0.6) is 0 Å². The Kier molecular flexibility index (Phi) is 33.3. The first kappa shape index (κ1) is 69.1. The summed E-state index contributed by atoms with van der Waals surface area (Å²) in [5.74, 6) is 1.58. The van der Waals surface area contributed by atoms with Crippen molar-refractivity contribution in [2.24, 2.45) is 0 Å². The molecule has 0 saturated carbocycles. The second kappa shape index (κ2) is 42.4. The first-order valence-corrected chi connectivity index (χ1v) is 27.6. The summed E-state index contributed by atoms with van der Waals surface area (Å²) in [6.45, 7) is 21.4. The van der Waals surface area contributed by atoms with Crippen molar-refractivity contribution in [3.05, 3.63) is 308 Å². The van der Waals surface area contributed by atoms with Gasteiger partial charge in [0.05, 0.1) is 23.4 Å². The minimum absolute atomic E-state index is 0.729. The van der Waals surface area contributed by atoms with Crippen molar-refractivity contribution in [2.75, 3.05) is 0 Å². The molecule has 0 radical (unpaired) electrons. The first-order valence-electron chi connectivity index (χ1n) is 27.6. The molecule has 0 atom stereocenters. The Hall–Kier alpha value is -11.4. The summed E-state index contributed by atoms with van der Waals surface area (Å²) in [7, 11) is 0. The van der Waals surface area contributed by atoms with Crippen LogP contribution in [0.15, 0.2) is 246 Å². The van der Waals surface area contributed by atoms with Crippen LogP contribution in [0.4, 0.5) is 0 Å². The fraction of sp³-hybridized carbons (Fsp3) is 0.162. The van der Waals surface area contributed by atoms with E-state index >= 15 is 0 Å². The molecule has 2 aromatic carbocycles. The minimum atomic E-state index is 0.729. The number of nitrogens with zero attached hydrogens (tertiary/aromatic N) is 19. The summed E-state index contributed by atoms with van der Waals surface area (Å²) in [5.41, 5.74) is 11.2. The number of imidazole rings is 1. The van der Waals surface area contributed by atoms with Gasteiger partial charge in [-0.05, 0) is 165 Å². The highest BCUT2D eigenvalue weighted by molar-refractivity contribution is 5.84. The second-order valence-corrected chi connectivity index (χ2v) is 18.4. The standard InChI is InChI=1S/2C10H9N.C6H6N4.3C6H7N.4C5H6N2.C4H5N3/c1-8-6-9-4-2-3-5-10(9)7-11-8;1-8-10-5-3-2-4-9(10)6-7-11-8;1-4-5-6(9-2-7-4)10-3-8-5;1-6-2-4-7-5-3-6;1-6-3-2-4-7-5-6;1-6-4-2-3-5-7-6;1-5-4-6-2-3-7-5;1-5-2-3-6-4-7-5;1-5-6-3-2-4-7-5;1-5-3-2-4-6-7-5;1-4-6-2-5-3-7-4/h2*2-7H,1H3;2-3H,1H3,(H,7,8,9,10);3*2-5H,1H3;4*2-4H,1H3;2-3H,1H3. The number of pyridine rings is 5. The number of rotatable bonds is 0. The van der Waals surface area contributed by atoms with Crippen LogP contribution in [0.2, 0.25) is 0 Å². The molecule has 0 bridgehead atoms. The molecule has 12 heterocycles. The van der Waals surface area contributed by atoms with Gasteiger partial charge in [0.25, 0.3) is 0 Å². The van der Waals surface area contributed by atoms with Crippen molar-refractivity contribution in [3.8, 4) is 0 Å². The largest absolute Gasteiger partial charge is 0.342 e. The molecule has 0 spiro atoms. The Morgan fingerprint density at radius 3 is 1.40 bits per heavy atom. The van der Waals surface area contributed by atoms with Crippen LogP contribution in [-0.4, -0.2) is 99.9 Å². The molecule has 20 heteroatoms. The molecule has 0 aliphatic carbocycles. The van der Waals surface area contributed by atoms with Crippen molar-refractivity contribution < 1.29 is 0 Å². The predicted octanol–water partition coefficient (Wildman–Crippen LogP) is 13.2. The third kappa shape index (κ3) is 31.3. The molecule has 88 heavy (non-hydrogen) atoms. The van der Waals surface area contributed by atoms with Gasteiger partial charge >= 0.3 is 0 Å². The van der Waals surface area contributed by atoms with Gasteiger partial charge in [-0.25, -0.2) is 49.8 Å². The van der Waals surface area contributed by atoms with Gasteiger partial charge in [0.1, 0.15) is 42.5 Å². The highest BCUT2D eigenvalue weighted by Gasteiger charge is 1.99. The van der Waals surface area contributed by atoms with Gasteiger partial charge < -0.3 is 4.98 Å². The Morgan fingerprint density at radius 2 is 0.932 bits per heavy atom. The minimum Gasteiger partial charge on any atom is -0.342 e. The van der Waals surface area contributed by atoms with Crippen molar-refractivity contribution in [1.29, 1.82) is 0 Å². The first-order chi connectivity index (χ1) is 42.8. The zero-order valence-corrected chi connectivity index (χ0v) is 51.6. The summed E-state index contributed by atoms with van der Waals surface area (Å²) in [4.78, 5) is 69.2. The van der Waals surface area contributed by atoms with Gasteiger partial charge in [-0.15, -0.1) is 0 Å². The zero-order chi connectivity index (χ0) is 63.2. The second-order valence-electron chi connectivity index (χ2n) is 18.4. The van der Waals surface area contributed by atoms with Crippen molar-refractivity contribution in [2.45, 2.75) is 76.2 Å². The molecule has 446 valence electrons. The number of benzene rings is 2. The number of aryl methyl sites for hydroxylation is 11. The van der Waals surface area contributed by atoms with Crippen LogP contribution in [0, 0.1) is 76.2 Å². The Bertz CT molecular complexity index is 3510. The number of aromatic amines is 1. The van der Waals surface area contributed by atoms with Crippen LogP contribution in [-0.2, 0) is 0 Å². The van der Waals surface area contributed by atoms with E-state index in [1.807, 2.05) is 186 Å². The Morgan fingerprint density at radius 1 is 0.295 bits per heavy atom. The van der Waals surface area contributed by atoms with Crippen molar-refractivity contribution in [3.63, 3.8) is 0 Å². The third-order valence-corrected chi connectivity index (χ3v) is 11.0. The molecule has 0 saturated heterocycles. The monoisotopic (exact) mass is 1170 g/mol. The number of nitrogens with one attached hydrogen (secondary N) is 1. The normalized spacial score (nSPS) is 9.31. The Labute approximate surface area is 514 Å². The van der Waals surface area contributed by atoms with Gasteiger partial charge in [0, 0.05) is 120 Å². The quantitative estimate of drug-likeness (QED) is 0.148. The summed E-state index contributed by atoms with van der Waals surface area (Å²) < 4.78 is 0. The molecule has 0 aliphatic heterocycles. The lowest BCUT2D eigenvalue weighted by Gasteiger charge is -1.97. The topological polar surface area (TPSA) is 261 Å². The maximum atomic E-state index is 4.21. The number of H-pyrrole nitrogens is 1. The lowest BCUT2D eigenvalue weighted by molar-refractivity contribution is 0.974. The summed E-state index contributed by atoms with van der Waals surface area (Å²) >= 11 is 0. The SMILES string of the molecule is Cc1cc2ccccc2cn1.Cc1ccccn1.Cc1cccnc1.Cc1cccnn1.Cc1ccncc1.Cc1ccncn1.Cc1cnccn1.Cc1nccc2ccccc12.Cc1ncccn1.Cc1ncnc2nc[nH]c12.Cc1ncncn1. The molecule has 20 nitrogen and oxygen atoms in total.